The third-order valence-corrected chi connectivity index (χ3v) is 5.30. The molecule has 1 aliphatic rings. The largest absolute Gasteiger partial charge is 0.392 e. The molecular formula is C12H15N3O3S. The third-order valence-electron chi connectivity index (χ3n) is 3.39. The van der Waals surface area contributed by atoms with Gasteiger partial charge >= 0.3 is 0 Å². The van der Waals surface area contributed by atoms with Crippen LogP contribution in [-0.4, -0.2) is 47.0 Å². The number of aliphatic hydroxyl groups excluding tert-OH is 1. The number of nitrogens with one attached hydrogen (secondary N) is 1. The van der Waals surface area contributed by atoms with Gasteiger partial charge in [-0.3, -0.25) is 0 Å². The summed E-state index contributed by atoms with van der Waals surface area (Å²) in [5.74, 6) is 0. The van der Waals surface area contributed by atoms with Crippen molar-refractivity contribution in [2.45, 2.75) is 23.8 Å². The van der Waals surface area contributed by atoms with Crippen molar-refractivity contribution >= 4 is 21.1 Å². The molecule has 19 heavy (non-hydrogen) atoms. The van der Waals surface area contributed by atoms with E-state index in [9.17, 15) is 13.5 Å². The van der Waals surface area contributed by atoms with E-state index in [0.29, 0.717) is 30.4 Å². The lowest BCUT2D eigenvalue weighted by atomic mass is 10.1. The van der Waals surface area contributed by atoms with Gasteiger partial charge in [0, 0.05) is 30.9 Å². The van der Waals surface area contributed by atoms with Gasteiger partial charge in [-0.2, -0.15) is 4.31 Å². The number of fused-ring (bicyclic) bond motifs is 1. The molecule has 102 valence electrons. The van der Waals surface area contributed by atoms with Gasteiger partial charge in [-0.05, 0) is 25.0 Å². The Bertz CT molecular complexity index is 695. The Morgan fingerprint density at radius 3 is 3.11 bits per heavy atom. The highest BCUT2D eigenvalue weighted by Gasteiger charge is 2.31. The van der Waals surface area contributed by atoms with E-state index >= 15 is 0 Å². The van der Waals surface area contributed by atoms with Crippen molar-refractivity contribution in [1.29, 1.82) is 0 Å². The molecule has 7 heteroatoms. The minimum absolute atomic E-state index is 0.162. The van der Waals surface area contributed by atoms with Crippen molar-refractivity contribution < 1.29 is 13.5 Å². The Morgan fingerprint density at radius 1 is 1.47 bits per heavy atom. The zero-order valence-corrected chi connectivity index (χ0v) is 11.1. The van der Waals surface area contributed by atoms with Crippen LogP contribution in [0.3, 0.4) is 0 Å². The Kier molecular flexibility index (Phi) is 3.04. The summed E-state index contributed by atoms with van der Waals surface area (Å²) in [5.41, 5.74) is 0.554. The first-order valence-electron chi connectivity index (χ1n) is 6.19. The SMILES string of the molecule is O=S(=O)(c1c[nH]c2ncccc12)N1CCC[C@H](O)C1. The number of aromatic nitrogens is 2. The van der Waals surface area contributed by atoms with Crippen molar-refractivity contribution in [3.8, 4) is 0 Å². The monoisotopic (exact) mass is 281 g/mol. The molecule has 2 aromatic heterocycles. The lowest BCUT2D eigenvalue weighted by molar-refractivity contribution is 0.108. The van der Waals surface area contributed by atoms with Crippen LogP contribution in [-0.2, 0) is 10.0 Å². The van der Waals surface area contributed by atoms with Crippen LogP contribution in [0.15, 0.2) is 29.4 Å². The van der Waals surface area contributed by atoms with Gasteiger partial charge < -0.3 is 10.1 Å². The van der Waals surface area contributed by atoms with E-state index in [1.165, 1.54) is 10.5 Å². The van der Waals surface area contributed by atoms with E-state index in [2.05, 4.69) is 9.97 Å². The Hall–Kier alpha value is -1.44. The van der Waals surface area contributed by atoms with Crippen LogP contribution < -0.4 is 0 Å². The molecule has 0 aromatic carbocycles. The molecule has 0 bridgehead atoms. The van der Waals surface area contributed by atoms with E-state index in [0.717, 1.165) is 0 Å². The van der Waals surface area contributed by atoms with Gasteiger partial charge in [-0.15, -0.1) is 0 Å². The average Bonchev–Trinajstić information content (AvgIpc) is 2.83. The summed E-state index contributed by atoms with van der Waals surface area (Å²) >= 11 is 0. The minimum atomic E-state index is -3.58. The smallest absolute Gasteiger partial charge is 0.245 e. The molecule has 1 aliphatic heterocycles. The lowest BCUT2D eigenvalue weighted by Gasteiger charge is -2.28. The van der Waals surface area contributed by atoms with E-state index in [1.54, 1.807) is 18.3 Å². The van der Waals surface area contributed by atoms with E-state index in [4.69, 9.17) is 0 Å². The summed E-state index contributed by atoms with van der Waals surface area (Å²) in [5, 5.41) is 10.2. The number of hydrogen-bond acceptors (Lipinski definition) is 4. The number of rotatable bonds is 2. The Balaban J connectivity index is 2.04. The molecule has 0 amide bonds. The van der Waals surface area contributed by atoms with E-state index in [-0.39, 0.29) is 11.4 Å². The van der Waals surface area contributed by atoms with Gasteiger partial charge in [0.15, 0.2) is 0 Å². The molecule has 2 aromatic rings. The zero-order valence-electron chi connectivity index (χ0n) is 10.3. The Morgan fingerprint density at radius 2 is 2.32 bits per heavy atom. The number of aliphatic hydroxyl groups is 1. The molecule has 0 spiro atoms. The molecule has 0 aliphatic carbocycles. The van der Waals surface area contributed by atoms with E-state index in [1.807, 2.05) is 0 Å². The standard InChI is InChI=1S/C12H15N3O3S/c16-9-3-2-6-15(8-9)19(17,18)11-7-14-12-10(11)4-1-5-13-12/h1,4-5,7,9,16H,2-3,6,8H2,(H,13,14)/t9-/m0/s1. The number of nitrogens with zero attached hydrogens (tertiary/aromatic N) is 2. The number of piperidine rings is 1. The summed E-state index contributed by atoms with van der Waals surface area (Å²) in [6.45, 7) is 0.613. The number of H-pyrrole nitrogens is 1. The minimum Gasteiger partial charge on any atom is -0.392 e. The number of aromatic amines is 1. The van der Waals surface area contributed by atoms with Crippen LogP contribution in [0.4, 0.5) is 0 Å². The quantitative estimate of drug-likeness (QED) is 0.848. The van der Waals surface area contributed by atoms with Crippen LogP contribution in [0.2, 0.25) is 0 Å². The second kappa shape index (κ2) is 4.59. The highest BCUT2D eigenvalue weighted by Crippen LogP contribution is 2.26. The number of sulfonamides is 1. The van der Waals surface area contributed by atoms with Crippen LogP contribution >= 0.6 is 0 Å². The Labute approximate surface area is 111 Å². The first-order chi connectivity index (χ1) is 9.09. The maximum atomic E-state index is 12.6. The molecule has 3 heterocycles. The highest BCUT2D eigenvalue weighted by atomic mass is 32.2. The number of hydrogen-bond donors (Lipinski definition) is 2. The topological polar surface area (TPSA) is 86.3 Å². The van der Waals surface area contributed by atoms with Crippen molar-refractivity contribution in [3.05, 3.63) is 24.5 Å². The van der Waals surface area contributed by atoms with Crippen molar-refractivity contribution in [2.24, 2.45) is 0 Å². The summed E-state index contributed by atoms with van der Waals surface area (Å²) in [6.07, 6.45) is 3.84. The van der Waals surface area contributed by atoms with Crippen molar-refractivity contribution in [2.75, 3.05) is 13.1 Å². The van der Waals surface area contributed by atoms with Crippen LogP contribution in [0.25, 0.3) is 11.0 Å². The molecule has 1 fully saturated rings. The molecule has 1 saturated heterocycles. The van der Waals surface area contributed by atoms with Crippen molar-refractivity contribution in [1.82, 2.24) is 14.3 Å². The van der Waals surface area contributed by atoms with E-state index < -0.39 is 16.1 Å². The van der Waals surface area contributed by atoms with Gasteiger partial charge in [0.25, 0.3) is 0 Å². The molecular weight excluding hydrogens is 266 g/mol. The molecule has 1 atom stereocenters. The zero-order chi connectivity index (χ0) is 13.5. The van der Waals surface area contributed by atoms with Gasteiger partial charge in [-0.25, -0.2) is 13.4 Å². The molecule has 0 radical (unpaired) electrons. The molecule has 0 unspecified atom stereocenters. The van der Waals surface area contributed by atoms with Crippen LogP contribution in [0.1, 0.15) is 12.8 Å². The number of β-amino-alcohol motifs (C(OH)–C–C–N with tert-alkyl or cyclic N) is 1. The maximum Gasteiger partial charge on any atom is 0.245 e. The summed E-state index contributed by atoms with van der Waals surface area (Å²) in [4.78, 5) is 7.18. The second-order valence-corrected chi connectivity index (χ2v) is 6.62. The van der Waals surface area contributed by atoms with Crippen molar-refractivity contribution in [3.63, 3.8) is 0 Å². The molecule has 2 N–H and O–H groups in total. The fraction of sp³-hybridized carbons (Fsp3) is 0.417. The van der Waals surface area contributed by atoms with Gasteiger partial charge in [0.05, 0.1) is 6.10 Å². The van der Waals surface area contributed by atoms with Gasteiger partial charge in [0.1, 0.15) is 10.5 Å². The number of pyridine rings is 1. The van der Waals surface area contributed by atoms with Gasteiger partial charge in [-0.1, -0.05) is 0 Å². The first-order valence-corrected chi connectivity index (χ1v) is 7.63. The normalized spacial score (nSPS) is 21.8. The predicted molar refractivity (Wildman–Crippen MR) is 70.1 cm³/mol. The lowest BCUT2D eigenvalue weighted by Crippen LogP contribution is -2.42. The summed E-state index contributed by atoms with van der Waals surface area (Å²) in [6, 6.07) is 3.44. The maximum absolute atomic E-state index is 12.6. The first kappa shape index (κ1) is 12.6. The summed E-state index contributed by atoms with van der Waals surface area (Å²) in [7, 11) is -3.58. The highest BCUT2D eigenvalue weighted by molar-refractivity contribution is 7.89. The summed E-state index contributed by atoms with van der Waals surface area (Å²) < 4.78 is 26.5. The third kappa shape index (κ3) is 2.13. The molecule has 0 saturated carbocycles. The fourth-order valence-corrected chi connectivity index (χ4v) is 4.09. The van der Waals surface area contributed by atoms with Crippen LogP contribution in [0, 0.1) is 0 Å². The predicted octanol–water partition coefficient (Wildman–Crippen LogP) is 0.708. The van der Waals surface area contributed by atoms with Gasteiger partial charge in [0.2, 0.25) is 10.0 Å². The average molecular weight is 281 g/mol. The molecule has 6 nitrogen and oxygen atoms in total. The molecule has 3 rings (SSSR count). The van der Waals surface area contributed by atoms with Crippen LogP contribution in [0.5, 0.6) is 0 Å². The fourth-order valence-electron chi connectivity index (χ4n) is 2.42. The second-order valence-electron chi connectivity index (χ2n) is 4.71.